The van der Waals surface area contributed by atoms with Crippen LogP contribution in [0.5, 0.6) is 0 Å². The molecule has 0 amide bonds. The zero-order valence-corrected chi connectivity index (χ0v) is 21.9. The molecule has 2 aromatic heterocycles. The van der Waals surface area contributed by atoms with Crippen LogP contribution in [0.15, 0.2) is 11.4 Å². The Balaban J connectivity index is 1.38. The van der Waals surface area contributed by atoms with E-state index < -0.39 is 45.5 Å². The summed E-state index contributed by atoms with van der Waals surface area (Å²) in [6, 6.07) is 1.83. The summed E-state index contributed by atoms with van der Waals surface area (Å²) < 4.78 is 34.1. The van der Waals surface area contributed by atoms with Gasteiger partial charge in [-0.15, -0.1) is 11.3 Å². The smallest absolute Gasteiger partial charge is 0.340 e. The highest BCUT2D eigenvalue weighted by molar-refractivity contribution is 7.70. The fraction of sp³-hybridized carbons (Fsp3) is 0.650. The van der Waals surface area contributed by atoms with Crippen LogP contribution in [-0.4, -0.2) is 74.3 Å². The Kier molecular flexibility index (Phi) is 6.90. The first-order valence-electron chi connectivity index (χ1n) is 11.2. The van der Waals surface area contributed by atoms with Gasteiger partial charge < -0.3 is 39.1 Å². The van der Waals surface area contributed by atoms with Gasteiger partial charge in [0.1, 0.15) is 23.0 Å². The molecule has 3 aliphatic rings. The molecule has 6 atom stereocenters. The van der Waals surface area contributed by atoms with Gasteiger partial charge in [0.2, 0.25) is 0 Å². The quantitative estimate of drug-likeness (QED) is 0.245. The van der Waals surface area contributed by atoms with Crippen molar-refractivity contribution in [1.82, 2.24) is 4.98 Å². The minimum absolute atomic E-state index is 0.264. The number of halogens is 1. The predicted molar refractivity (Wildman–Crippen MR) is 130 cm³/mol. The fourth-order valence-corrected chi connectivity index (χ4v) is 9.38. The fourth-order valence-electron chi connectivity index (χ4n) is 5.49. The topological polar surface area (TPSA) is 170 Å². The van der Waals surface area contributed by atoms with Crippen molar-refractivity contribution in [3.05, 3.63) is 22.2 Å². The Hall–Kier alpha value is -0.620. The summed E-state index contributed by atoms with van der Waals surface area (Å²) in [7, 11) is -9.43. The number of aliphatic hydroxyl groups is 2. The lowest BCUT2D eigenvalue weighted by molar-refractivity contribution is -0.0576. The zero-order valence-electron chi connectivity index (χ0n) is 18.6. The van der Waals surface area contributed by atoms with E-state index in [1.165, 1.54) is 30.6 Å². The molecule has 2 saturated heterocycles. The van der Waals surface area contributed by atoms with Crippen LogP contribution in [0.2, 0.25) is 5.15 Å². The monoisotopic (exact) mass is 568 g/mol. The first-order chi connectivity index (χ1) is 16.4. The van der Waals surface area contributed by atoms with E-state index in [4.69, 9.17) is 30.6 Å². The summed E-state index contributed by atoms with van der Waals surface area (Å²) in [5.74, 6) is -0.0231. The Morgan fingerprint density at radius 1 is 1.26 bits per heavy atom. The molecule has 5 rings (SSSR count). The van der Waals surface area contributed by atoms with Gasteiger partial charge in [-0.25, -0.2) is 4.98 Å². The number of nitrogens with zero attached hydrogens (tertiary/aromatic N) is 2. The maximum Gasteiger partial charge on any atom is 0.340 e. The first kappa shape index (κ1) is 26.0. The number of hydrogen-bond donors (Lipinski definition) is 5. The minimum atomic E-state index is -4.80. The van der Waals surface area contributed by atoms with E-state index in [1.807, 2.05) is 6.07 Å². The van der Waals surface area contributed by atoms with Crippen molar-refractivity contribution in [2.24, 2.45) is 11.8 Å². The molecule has 4 heterocycles. The lowest BCUT2D eigenvalue weighted by Gasteiger charge is -2.26. The minimum Gasteiger partial charge on any atom is -0.387 e. The van der Waals surface area contributed by atoms with Crippen molar-refractivity contribution < 1.29 is 43.3 Å². The molecule has 0 bridgehead atoms. The lowest BCUT2D eigenvalue weighted by atomic mass is 9.89. The van der Waals surface area contributed by atoms with Gasteiger partial charge in [-0.3, -0.25) is 9.13 Å². The van der Waals surface area contributed by atoms with E-state index in [-0.39, 0.29) is 11.8 Å². The molecular formula is C20H27ClN2O9P2S. The van der Waals surface area contributed by atoms with Gasteiger partial charge >= 0.3 is 15.2 Å². The summed E-state index contributed by atoms with van der Waals surface area (Å²) in [4.78, 5) is 34.3. The predicted octanol–water partition coefficient (Wildman–Crippen LogP) is 2.47. The maximum atomic E-state index is 11.9. The lowest BCUT2D eigenvalue weighted by Crippen LogP contribution is -2.42. The van der Waals surface area contributed by atoms with E-state index in [0.29, 0.717) is 22.9 Å². The van der Waals surface area contributed by atoms with Crippen LogP contribution in [0.3, 0.4) is 0 Å². The second-order valence-electron chi connectivity index (χ2n) is 9.61. The van der Waals surface area contributed by atoms with Gasteiger partial charge in [-0.1, -0.05) is 18.0 Å². The van der Waals surface area contributed by atoms with Crippen molar-refractivity contribution >= 4 is 54.0 Å². The van der Waals surface area contributed by atoms with Gasteiger partial charge in [0, 0.05) is 24.7 Å². The van der Waals surface area contributed by atoms with Gasteiger partial charge in [0.25, 0.3) is 0 Å². The number of aromatic nitrogens is 1. The number of anilines is 1. The van der Waals surface area contributed by atoms with Gasteiger partial charge in [-0.2, -0.15) is 0 Å². The molecule has 1 saturated carbocycles. The SMILES string of the molecule is O=P(O)(O)CP(=O)(O)OC[C@H]1OC[C@@](O)(c2csc3c(N4CC5CCCC5C4)cc(Cl)nc23)[C@@H]1O. The van der Waals surface area contributed by atoms with Crippen molar-refractivity contribution in [2.45, 2.75) is 37.1 Å². The third-order valence-electron chi connectivity index (χ3n) is 7.17. The van der Waals surface area contributed by atoms with Crippen LogP contribution < -0.4 is 4.90 Å². The van der Waals surface area contributed by atoms with Crippen molar-refractivity contribution in [3.63, 3.8) is 0 Å². The average Bonchev–Trinajstić information content (AvgIpc) is 3.49. The molecule has 2 aliphatic heterocycles. The molecule has 35 heavy (non-hydrogen) atoms. The Bertz CT molecular complexity index is 1210. The van der Waals surface area contributed by atoms with Crippen LogP contribution in [-0.2, 0) is 24.0 Å². The summed E-state index contributed by atoms with van der Waals surface area (Å²) >= 11 is 7.76. The molecule has 0 aromatic carbocycles. The van der Waals surface area contributed by atoms with Crippen molar-refractivity contribution in [1.29, 1.82) is 0 Å². The largest absolute Gasteiger partial charge is 0.387 e. The molecule has 11 nitrogen and oxygen atoms in total. The van der Waals surface area contributed by atoms with Gasteiger partial charge in [0.05, 0.1) is 29.1 Å². The number of fused-ring (bicyclic) bond motifs is 2. The number of pyridine rings is 1. The van der Waals surface area contributed by atoms with Crippen molar-refractivity contribution in [3.8, 4) is 0 Å². The normalized spacial score (nSPS) is 32.9. The average molecular weight is 569 g/mol. The Morgan fingerprint density at radius 3 is 2.60 bits per heavy atom. The van der Waals surface area contributed by atoms with Gasteiger partial charge in [-0.05, 0) is 30.1 Å². The number of ether oxygens (including phenoxy) is 1. The number of thiophene rings is 1. The molecule has 194 valence electrons. The number of aliphatic hydroxyl groups excluding tert-OH is 1. The first-order valence-corrected chi connectivity index (χ1v) is 16.0. The molecule has 3 fully saturated rings. The molecule has 15 heteroatoms. The van der Waals surface area contributed by atoms with E-state index in [0.717, 1.165) is 23.5 Å². The number of rotatable bonds is 7. The highest BCUT2D eigenvalue weighted by Crippen LogP contribution is 2.56. The van der Waals surface area contributed by atoms with Crippen LogP contribution in [0.1, 0.15) is 24.8 Å². The van der Waals surface area contributed by atoms with Crippen LogP contribution in [0.25, 0.3) is 10.2 Å². The maximum absolute atomic E-state index is 11.9. The molecule has 1 aliphatic carbocycles. The van der Waals surface area contributed by atoms with E-state index in [9.17, 15) is 24.2 Å². The van der Waals surface area contributed by atoms with E-state index in [1.54, 1.807) is 5.38 Å². The summed E-state index contributed by atoms with van der Waals surface area (Å²) in [6.07, 6.45) is 0.954. The molecule has 0 radical (unpaired) electrons. The van der Waals surface area contributed by atoms with Crippen molar-refractivity contribution in [2.75, 3.05) is 37.1 Å². The molecule has 5 N–H and O–H groups in total. The van der Waals surface area contributed by atoms with Gasteiger partial charge in [0.15, 0.2) is 5.90 Å². The highest BCUT2D eigenvalue weighted by Gasteiger charge is 2.51. The molecule has 0 spiro atoms. The number of hydrogen-bond acceptors (Lipinski definition) is 9. The zero-order chi connectivity index (χ0) is 25.2. The Labute approximate surface area is 210 Å². The summed E-state index contributed by atoms with van der Waals surface area (Å²) in [5, 5.41) is 24.3. The second-order valence-corrected chi connectivity index (χ2v) is 14.9. The second kappa shape index (κ2) is 9.29. The summed E-state index contributed by atoms with van der Waals surface area (Å²) in [5.41, 5.74) is -0.152. The molecular weight excluding hydrogens is 542 g/mol. The van der Waals surface area contributed by atoms with Crippen LogP contribution in [0, 0.1) is 11.8 Å². The highest BCUT2D eigenvalue weighted by atomic mass is 35.5. The van der Waals surface area contributed by atoms with Crippen LogP contribution >= 0.6 is 38.1 Å². The van der Waals surface area contributed by atoms with E-state index in [2.05, 4.69) is 9.88 Å². The standard InChI is InChI=1S/C20H27ClN2O9P2S/c21-16-4-14(23-5-11-2-1-3-12(11)6-23)18-17(22-16)13(8-35-18)20(25)9-31-15(19(20)24)7-32-34(29,30)10-33(26,27)28/h4,8,11-12,15,19,24-25H,1-3,5-7,9-10H2,(H,29,30)(H2,26,27,28)/t11?,12?,15-,19-,20-/m1/s1. The van der Waals surface area contributed by atoms with Crippen LogP contribution in [0.4, 0.5) is 5.69 Å². The molecule has 3 unspecified atom stereocenters. The van der Waals surface area contributed by atoms with E-state index >= 15 is 0 Å². The Morgan fingerprint density at radius 2 is 1.94 bits per heavy atom. The third kappa shape index (κ3) is 5.09. The summed E-state index contributed by atoms with van der Waals surface area (Å²) in [6.45, 7) is 0.909. The molecule has 2 aromatic rings. The third-order valence-corrected chi connectivity index (χ3v) is 11.8.